The average molecular weight is 635 g/mol. The highest BCUT2D eigenvalue weighted by Gasteiger charge is 2.39. The molecule has 1 unspecified atom stereocenters. The molecule has 0 bridgehead atoms. The molecule has 0 radical (unpaired) electrons. The number of thiazole rings is 1. The largest absolute Gasteiger partial charge is 0.497 e. The van der Waals surface area contributed by atoms with E-state index in [9.17, 15) is 14.4 Å². The molecule has 2 aromatic heterocycles. The second-order valence-electron chi connectivity index (χ2n) is 12.0. The maximum atomic E-state index is 13.2. The van der Waals surface area contributed by atoms with Crippen LogP contribution in [-0.4, -0.2) is 63.6 Å². The van der Waals surface area contributed by atoms with E-state index in [1.165, 1.54) is 17.8 Å². The topological polar surface area (TPSA) is 145 Å². The first kappa shape index (κ1) is 32.4. The number of carboxylic acid groups (broad SMARTS) is 1. The minimum absolute atomic E-state index is 0.0695. The molecule has 11 heteroatoms. The number of hydrogen-bond donors (Lipinski definition) is 2. The molecule has 4 atom stereocenters. The SMILES string of the molecule is COc1ccc2c(O[C@@H]3C[C@@H](C(N)=O)N(C(=O)CCCCCC/C=C\[C@@H]4CC4CCCC(=O)O)C3)cc(-c3cscn3)nc2c1. The Morgan fingerprint density at radius 2 is 1.93 bits per heavy atom. The molecule has 10 nitrogen and oxygen atoms in total. The summed E-state index contributed by atoms with van der Waals surface area (Å²) in [6.07, 6.45) is 12.9. The van der Waals surface area contributed by atoms with Crippen molar-refractivity contribution in [2.75, 3.05) is 13.7 Å². The summed E-state index contributed by atoms with van der Waals surface area (Å²) in [5.41, 5.74) is 9.60. The van der Waals surface area contributed by atoms with Gasteiger partial charge in [0.15, 0.2) is 0 Å². The van der Waals surface area contributed by atoms with Crippen LogP contribution in [0.2, 0.25) is 0 Å². The zero-order chi connectivity index (χ0) is 31.8. The standard InChI is InChI=1S/C34H42N4O6S/c1-43-24-13-14-26-27(16-24)37-28(29-20-45-21-36-29)18-31(26)44-25-17-30(34(35)42)38(19-25)32(39)11-7-5-3-2-4-6-9-22-15-23(22)10-8-12-33(40)41/h6,9,13-14,16,18,20-23,25,30H,2-5,7-8,10-12,15,17,19H2,1H3,(H2,35,42)(H,40,41)/b9-6-/t22-,23?,25-,30+/m1/s1. The van der Waals surface area contributed by atoms with Gasteiger partial charge in [0, 0.05) is 42.2 Å². The van der Waals surface area contributed by atoms with Crippen LogP contribution in [0.1, 0.15) is 70.6 Å². The molecule has 2 amide bonds. The first-order valence-corrected chi connectivity index (χ1v) is 16.8. The van der Waals surface area contributed by atoms with E-state index in [0.29, 0.717) is 53.9 Å². The number of allylic oxidation sites excluding steroid dienone is 2. The predicted octanol–water partition coefficient (Wildman–Crippen LogP) is 5.99. The predicted molar refractivity (Wildman–Crippen MR) is 173 cm³/mol. The van der Waals surface area contributed by atoms with Crippen LogP contribution in [0.25, 0.3) is 22.3 Å². The zero-order valence-corrected chi connectivity index (χ0v) is 26.5. The van der Waals surface area contributed by atoms with Crippen LogP contribution < -0.4 is 15.2 Å². The molecule has 3 N–H and O–H groups in total. The van der Waals surface area contributed by atoms with Crippen LogP contribution in [0.5, 0.6) is 11.5 Å². The van der Waals surface area contributed by atoms with Gasteiger partial charge in [0.25, 0.3) is 0 Å². The maximum absolute atomic E-state index is 13.2. The molecular weight excluding hydrogens is 592 g/mol. The molecule has 5 rings (SSSR count). The number of carbonyl (C=O) groups excluding carboxylic acids is 2. The van der Waals surface area contributed by atoms with E-state index in [4.69, 9.17) is 25.3 Å². The van der Waals surface area contributed by atoms with Crippen LogP contribution in [-0.2, 0) is 14.4 Å². The number of pyridine rings is 1. The van der Waals surface area contributed by atoms with Crippen LogP contribution in [0.15, 0.2) is 47.3 Å². The Morgan fingerprint density at radius 1 is 1.09 bits per heavy atom. The molecule has 3 aromatic rings. The molecule has 1 aliphatic heterocycles. The van der Waals surface area contributed by atoms with Crippen LogP contribution in [0.4, 0.5) is 0 Å². The van der Waals surface area contributed by atoms with Crippen molar-refractivity contribution in [3.63, 3.8) is 0 Å². The van der Waals surface area contributed by atoms with Gasteiger partial charge in [-0.2, -0.15) is 0 Å². The Balaban J connectivity index is 1.09. The summed E-state index contributed by atoms with van der Waals surface area (Å²) in [6, 6.07) is 6.75. The van der Waals surface area contributed by atoms with Crippen molar-refractivity contribution in [3.05, 3.63) is 47.3 Å². The molecule has 3 heterocycles. The highest BCUT2D eigenvalue weighted by Crippen LogP contribution is 2.43. The summed E-state index contributed by atoms with van der Waals surface area (Å²) >= 11 is 1.48. The van der Waals surface area contributed by atoms with Gasteiger partial charge < -0.3 is 25.2 Å². The number of nitrogens with two attached hydrogens (primary N) is 1. The van der Waals surface area contributed by atoms with Crippen LogP contribution in [0.3, 0.4) is 0 Å². The second-order valence-corrected chi connectivity index (χ2v) is 12.7. The summed E-state index contributed by atoms with van der Waals surface area (Å²) in [6.45, 7) is 0.293. The quantitative estimate of drug-likeness (QED) is 0.136. The number of methoxy groups -OCH3 is 1. The summed E-state index contributed by atoms with van der Waals surface area (Å²) in [4.78, 5) is 46.9. The third-order valence-electron chi connectivity index (χ3n) is 8.72. The number of ether oxygens (including phenoxy) is 2. The van der Waals surface area contributed by atoms with E-state index in [1.54, 1.807) is 17.5 Å². The number of aliphatic carboxylic acids is 1. The van der Waals surface area contributed by atoms with Gasteiger partial charge in [-0.25, -0.2) is 9.97 Å². The van der Waals surface area contributed by atoms with Gasteiger partial charge in [-0.15, -0.1) is 11.3 Å². The number of rotatable bonds is 17. The van der Waals surface area contributed by atoms with E-state index < -0.39 is 24.0 Å². The first-order chi connectivity index (χ1) is 21.8. The lowest BCUT2D eigenvalue weighted by Crippen LogP contribution is -2.43. The molecule has 2 fully saturated rings. The number of benzene rings is 1. The Labute approximate surface area is 267 Å². The number of nitrogens with zero attached hydrogens (tertiary/aromatic N) is 3. The number of carbonyl (C=O) groups is 3. The van der Waals surface area contributed by atoms with Gasteiger partial charge in [0.05, 0.1) is 36.1 Å². The summed E-state index contributed by atoms with van der Waals surface area (Å²) in [5, 5.41) is 11.5. The molecule has 0 spiro atoms. The number of aromatic nitrogens is 2. The molecule has 45 heavy (non-hydrogen) atoms. The Hall–Kier alpha value is -3.99. The fourth-order valence-electron chi connectivity index (χ4n) is 6.14. The molecular formula is C34H42N4O6S. The number of unbranched alkanes of at least 4 members (excludes halogenated alkanes) is 4. The number of likely N-dealkylation sites (tertiary alicyclic amines) is 1. The second kappa shape index (κ2) is 15.3. The highest BCUT2D eigenvalue weighted by molar-refractivity contribution is 7.07. The summed E-state index contributed by atoms with van der Waals surface area (Å²) in [7, 11) is 1.61. The number of primary amides is 1. The number of amides is 2. The number of carboxylic acids is 1. The minimum atomic E-state index is -0.714. The molecule has 1 saturated carbocycles. The van der Waals surface area contributed by atoms with Crippen LogP contribution in [0, 0.1) is 11.8 Å². The maximum Gasteiger partial charge on any atom is 0.303 e. The Morgan fingerprint density at radius 3 is 2.69 bits per heavy atom. The Kier molecular flexibility index (Phi) is 11.0. The number of fused-ring (bicyclic) bond motifs is 1. The van der Waals surface area contributed by atoms with Crippen molar-refractivity contribution < 1.29 is 29.0 Å². The molecule has 1 aliphatic carbocycles. The lowest BCUT2D eigenvalue weighted by atomic mass is 10.1. The van der Waals surface area contributed by atoms with Gasteiger partial charge in [0.2, 0.25) is 11.8 Å². The zero-order valence-electron chi connectivity index (χ0n) is 25.7. The fourth-order valence-corrected chi connectivity index (χ4v) is 6.69. The Bertz CT molecular complexity index is 1510. The van der Waals surface area contributed by atoms with Crippen molar-refractivity contribution in [3.8, 4) is 22.9 Å². The lowest BCUT2D eigenvalue weighted by Gasteiger charge is -2.22. The summed E-state index contributed by atoms with van der Waals surface area (Å²) in [5.74, 6) is 1.25. The van der Waals surface area contributed by atoms with Crippen molar-refractivity contribution in [1.82, 2.24) is 14.9 Å². The fraction of sp³-hybridized carbons (Fsp3) is 0.500. The van der Waals surface area contributed by atoms with Crippen LogP contribution >= 0.6 is 11.3 Å². The third kappa shape index (κ3) is 8.81. The summed E-state index contributed by atoms with van der Waals surface area (Å²) < 4.78 is 11.9. The van der Waals surface area contributed by atoms with Gasteiger partial charge in [-0.3, -0.25) is 14.4 Å². The minimum Gasteiger partial charge on any atom is -0.497 e. The molecule has 240 valence electrons. The van der Waals surface area contributed by atoms with Gasteiger partial charge in [-0.05, 0) is 62.5 Å². The van der Waals surface area contributed by atoms with Crippen molar-refractivity contribution in [2.45, 2.75) is 82.8 Å². The van der Waals surface area contributed by atoms with Gasteiger partial charge in [-0.1, -0.05) is 25.0 Å². The van der Waals surface area contributed by atoms with E-state index in [-0.39, 0.29) is 12.3 Å². The third-order valence-corrected chi connectivity index (χ3v) is 9.30. The van der Waals surface area contributed by atoms with Crippen molar-refractivity contribution in [2.24, 2.45) is 17.6 Å². The van der Waals surface area contributed by atoms with E-state index in [2.05, 4.69) is 17.1 Å². The smallest absolute Gasteiger partial charge is 0.303 e. The lowest BCUT2D eigenvalue weighted by molar-refractivity contribution is -0.137. The first-order valence-electron chi connectivity index (χ1n) is 15.8. The monoisotopic (exact) mass is 634 g/mol. The van der Waals surface area contributed by atoms with Crippen molar-refractivity contribution in [1.29, 1.82) is 0 Å². The molecule has 1 aromatic carbocycles. The average Bonchev–Trinajstić information content (AvgIpc) is 3.36. The van der Waals surface area contributed by atoms with E-state index >= 15 is 0 Å². The normalized spacial score (nSPS) is 21.0. The van der Waals surface area contributed by atoms with E-state index in [1.807, 2.05) is 29.6 Å². The molecule has 1 saturated heterocycles. The molecule has 2 aliphatic rings. The number of hydrogen-bond acceptors (Lipinski definition) is 8. The highest BCUT2D eigenvalue weighted by atomic mass is 32.1. The van der Waals surface area contributed by atoms with E-state index in [0.717, 1.165) is 56.0 Å². The van der Waals surface area contributed by atoms with Crippen molar-refractivity contribution >= 4 is 40.0 Å². The van der Waals surface area contributed by atoms with Gasteiger partial charge in [0.1, 0.15) is 23.6 Å². The van der Waals surface area contributed by atoms with Gasteiger partial charge >= 0.3 is 5.97 Å².